The maximum absolute atomic E-state index is 12.4. The molecule has 2 aromatic carbocycles. The van der Waals surface area contributed by atoms with Crippen LogP contribution in [0.2, 0.25) is 0 Å². The number of carbonyl (C=O) groups excluding carboxylic acids is 2. The van der Waals surface area contributed by atoms with Gasteiger partial charge in [-0.05, 0) is 80.6 Å². The first-order chi connectivity index (χ1) is 25.5. The molecule has 2 aromatic rings. The SMILES string of the molecule is CCCCCCCCCCCCCOc1ccc(OC(=O)CCCCCOc2ccc(OC(=O)CCCCCCCCCCCC)c(=O)cc2)cc1. The third-order valence-corrected chi connectivity index (χ3v) is 9.37. The lowest BCUT2D eigenvalue weighted by atomic mass is 10.1. The van der Waals surface area contributed by atoms with E-state index >= 15 is 0 Å². The number of hydrogen-bond donors (Lipinski definition) is 0. The molecule has 0 heterocycles. The summed E-state index contributed by atoms with van der Waals surface area (Å²) in [5.41, 5.74) is -0.355. The van der Waals surface area contributed by atoms with Gasteiger partial charge in [-0.2, -0.15) is 0 Å². The highest BCUT2D eigenvalue weighted by Crippen LogP contribution is 2.20. The summed E-state index contributed by atoms with van der Waals surface area (Å²) in [6.07, 6.45) is 29.2. The number of esters is 2. The molecule has 0 atom stereocenters. The Morgan fingerprint density at radius 1 is 0.404 bits per heavy atom. The van der Waals surface area contributed by atoms with E-state index in [1.165, 1.54) is 121 Å². The maximum atomic E-state index is 12.4. The van der Waals surface area contributed by atoms with Gasteiger partial charge in [0.2, 0.25) is 5.43 Å². The second-order valence-corrected chi connectivity index (χ2v) is 14.2. The molecular formula is C45H70O7. The molecule has 0 saturated carbocycles. The van der Waals surface area contributed by atoms with Crippen LogP contribution >= 0.6 is 0 Å². The average Bonchev–Trinajstić information content (AvgIpc) is 3.31. The Balaban J connectivity index is 1.50. The normalized spacial score (nSPS) is 11.0. The van der Waals surface area contributed by atoms with E-state index in [0.29, 0.717) is 44.0 Å². The minimum absolute atomic E-state index is 0.0206. The summed E-state index contributed by atoms with van der Waals surface area (Å²) in [5.74, 6) is 1.23. The van der Waals surface area contributed by atoms with Crippen molar-refractivity contribution >= 4 is 11.9 Å². The first-order valence-electron chi connectivity index (χ1n) is 20.9. The lowest BCUT2D eigenvalue weighted by Gasteiger charge is -2.08. The van der Waals surface area contributed by atoms with Gasteiger partial charge in [0.15, 0.2) is 5.75 Å². The zero-order valence-corrected chi connectivity index (χ0v) is 32.8. The van der Waals surface area contributed by atoms with E-state index in [1.54, 1.807) is 24.3 Å². The molecule has 0 amide bonds. The molecule has 0 N–H and O–H groups in total. The largest absolute Gasteiger partial charge is 0.494 e. The Bertz CT molecular complexity index is 1240. The average molecular weight is 723 g/mol. The van der Waals surface area contributed by atoms with Crippen molar-refractivity contribution in [2.45, 2.75) is 181 Å². The Labute approximate surface area is 315 Å². The summed E-state index contributed by atoms with van der Waals surface area (Å²) in [4.78, 5) is 37.0. The van der Waals surface area contributed by atoms with Gasteiger partial charge < -0.3 is 18.9 Å². The van der Waals surface area contributed by atoms with Crippen LogP contribution in [0.4, 0.5) is 0 Å². The summed E-state index contributed by atoms with van der Waals surface area (Å²) >= 11 is 0. The third kappa shape index (κ3) is 24.0. The highest BCUT2D eigenvalue weighted by atomic mass is 16.5. The molecular weight excluding hydrogens is 652 g/mol. The van der Waals surface area contributed by atoms with Crippen LogP contribution in [-0.2, 0) is 9.59 Å². The fraction of sp³-hybridized carbons (Fsp3) is 0.667. The van der Waals surface area contributed by atoms with Crippen LogP contribution in [0.5, 0.6) is 23.0 Å². The number of unbranched alkanes of at least 4 members (excludes halogenated alkanes) is 21. The van der Waals surface area contributed by atoms with Crippen LogP contribution in [0.15, 0.2) is 53.3 Å². The summed E-state index contributed by atoms with van der Waals surface area (Å²) < 4.78 is 22.5. The second-order valence-electron chi connectivity index (χ2n) is 14.2. The van der Waals surface area contributed by atoms with Gasteiger partial charge in [-0.25, -0.2) is 0 Å². The van der Waals surface area contributed by atoms with E-state index < -0.39 is 0 Å². The highest BCUT2D eigenvalue weighted by molar-refractivity contribution is 5.72. The van der Waals surface area contributed by atoms with Gasteiger partial charge in [0.05, 0.1) is 13.2 Å². The Kier molecular flexibility index (Phi) is 26.9. The van der Waals surface area contributed by atoms with Crippen molar-refractivity contribution in [1.29, 1.82) is 0 Å². The first-order valence-corrected chi connectivity index (χ1v) is 20.9. The Morgan fingerprint density at radius 2 is 0.750 bits per heavy atom. The molecule has 0 radical (unpaired) electrons. The quantitative estimate of drug-likeness (QED) is 0.0411. The molecule has 0 fully saturated rings. The summed E-state index contributed by atoms with van der Waals surface area (Å²) in [6, 6.07) is 13.4. The zero-order valence-electron chi connectivity index (χ0n) is 32.8. The zero-order chi connectivity index (χ0) is 37.3. The smallest absolute Gasteiger partial charge is 0.311 e. The minimum atomic E-state index is -0.375. The number of ether oxygens (including phenoxy) is 4. The molecule has 7 nitrogen and oxygen atoms in total. The van der Waals surface area contributed by atoms with Crippen LogP contribution < -0.4 is 24.4 Å². The van der Waals surface area contributed by atoms with Crippen LogP contribution in [0.1, 0.15) is 181 Å². The number of carbonyl (C=O) groups is 2. The number of rotatable bonds is 33. The molecule has 0 aliphatic carbocycles. The molecule has 0 aliphatic heterocycles. The van der Waals surface area contributed by atoms with E-state index in [4.69, 9.17) is 18.9 Å². The number of benzene rings is 1. The van der Waals surface area contributed by atoms with Gasteiger partial charge in [-0.1, -0.05) is 136 Å². The van der Waals surface area contributed by atoms with Gasteiger partial charge in [-0.3, -0.25) is 14.4 Å². The van der Waals surface area contributed by atoms with Gasteiger partial charge in [0, 0.05) is 12.8 Å². The van der Waals surface area contributed by atoms with Crippen LogP contribution in [0.3, 0.4) is 0 Å². The van der Waals surface area contributed by atoms with Crippen molar-refractivity contribution < 1.29 is 28.5 Å². The minimum Gasteiger partial charge on any atom is -0.494 e. The van der Waals surface area contributed by atoms with E-state index in [2.05, 4.69) is 13.8 Å². The van der Waals surface area contributed by atoms with E-state index in [0.717, 1.165) is 44.3 Å². The molecule has 0 unspecified atom stereocenters. The molecule has 52 heavy (non-hydrogen) atoms. The van der Waals surface area contributed by atoms with E-state index in [1.807, 2.05) is 12.1 Å². The fourth-order valence-corrected chi connectivity index (χ4v) is 6.13. The van der Waals surface area contributed by atoms with Crippen LogP contribution in [0.25, 0.3) is 0 Å². The summed E-state index contributed by atoms with van der Waals surface area (Å²) in [6.45, 7) is 5.65. The number of hydrogen-bond acceptors (Lipinski definition) is 7. The highest BCUT2D eigenvalue weighted by Gasteiger charge is 2.09. The molecule has 2 rings (SSSR count). The monoisotopic (exact) mass is 723 g/mol. The van der Waals surface area contributed by atoms with Crippen molar-refractivity contribution in [2.75, 3.05) is 13.2 Å². The van der Waals surface area contributed by atoms with Crippen molar-refractivity contribution in [1.82, 2.24) is 0 Å². The molecule has 7 heteroatoms. The standard InChI is InChI=1S/C45H70O7/c1-3-5-7-9-11-13-15-17-19-21-25-37-49-39-29-31-41(32-30-39)51-44(47)27-24-22-26-38-50-40-33-35-42(46)43(36-34-40)52-45(48)28-23-20-18-16-14-12-10-8-6-4-2/h29-36H,3-28,37-38H2,1-2H3. The molecule has 292 valence electrons. The predicted molar refractivity (Wildman–Crippen MR) is 213 cm³/mol. The van der Waals surface area contributed by atoms with Gasteiger partial charge >= 0.3 is 11.9 Å². The maximum Gasteiger partial charge on any atom is 0.311 e. The molecule has 0 bridgehead atoms. The summed E-state index contributed by atoms with van der Waals surface area (Å²) in [5, 5.41) is 0. The second kappa shape index (κ2) is 31.2. The lowest BCUT2D eigenvalue weighted by Crippen LogP contribution is -2.12. The Hall–Kier alpha value is -3.35. The molecule has 0 spiro atoms. The lowest BCUT2D eigenvalue weighted by molar-refractivity contribution is -0.135. The van der Waals surface area contributed by atoms with E-state index in [9.17, 15) is 14.4 Å². The van der Waals surface area contributed by atoms with Crippen molar-refractivity contribution in [3.8, 4) is 23.0 Å². The van der Waals surface area contributed by atoms with Crippen LogP contribution in [-0.4, -0.2) is 25.2 Å². The third-order valence-electron chi connectivity index (χ3n) is 9.37. The van der Waals surface area contributed by atoms with Crippen LogP contribution in [0, 0.1) is 0 Å². The predicted octanol–water partition coefficient (Wildman–Crippen LogP) is 12.5. The molecule has 0 saturated heterocycles. The van der Waals surface area contributed by atoms with Crippen molar-refractivity contribution in [3.63, 3.8) is 0 Å². The van der Waals surface area contributed by atoms with Crippen molar-refractivity contribution in [2.24, 2.45) is 0 Å². The fourth-order valence-electron chi connectivity index (χ4n) is 6.13. The van der Waals surface area contributed by atoms with Gasteiger partial charge in [0.25, 0.3) is 0 Å². The van der Waals surface area contributed by atoms with Gasteiger partial charge in [0.1, 0.15) is 17.2 Å². The molecule has 0 aliphatic rings. The summed E-state index contributed by atoms with van der Waals surface area (Å²) in [7, 11) is 0. The first kappa shape index (κ1) is 44.8. The topological polar surface area (TPSA) is 88.1 Å². The molecule has 0 aromatic heterocycles. The van der Waals surface area contributed by atoms with Gasteiger partial charge in [-0.15, -0.1) is 0 Å². The van der Waals surface area contributed by atoms with E-state index in [-0.39, 0.29) is 23.1 Å². The van der Waals surface area contributed by atoms with Crippen molar-refractivity contribution in [3.05, 3.63) is 58.8 Å². The Morgan fingerprint density at radius 3 is 1.23 bits per heavy atom.